The first-order chi connectivity index (χ1) is 5.54. The first-order valence-electron chi connectivity index (χ1n) is 4.54. The molecule has 0 bridgehead atoms. The standard InChI is InChI=1S/C9H19NO2/c1-3-5-9(12,6-4-2)7-8(10)11/h12H,3-7H2,1-2H3,(H2,10,11). The molecule has 12 heavy (non-hydrogen) atoms. The summed E-state index contributed by atoms with van der Waals surface area (Å²) >= 11 is 0. The van der Waals surface area contributed by atoms with Gasteiger partial charge in [-0.2, -0.15) is 0 Å². The van der Waals surface area contributed by atoms with E-state index in [0.29, 0.717) is 12.8 Å². The van der Waals surface area contributed by atoms with Gasteiger partial charge < -0.3 is 10.8 Å². The van der Waals surface area contributed by atoms with Crippen LogP contribution in [0.15, 0.2) is 0 Å². The third-order valence-corrected chi connectivity index (χ3v) is 1.93. The van der Waals surface area contributed by atoms with E-state index < -0.39 is 11.5 Å². The summed E-state index contributed by atoms with van der Waals surface area (Å²) in [7, 11) is 0. The van der Waals surface area contributed by atoms with Gasteiger partial charge in [0.2, 0.25) is 5.91 Å². The van der Waals surface area contributed by atoms with Crippen molar-refractivity contribution in [2.24, 2.45) is 5.73 Å². The SMILES string of the molecule is CCCC(O)(CCC)CC(N)=O. The molecule has 0 saturated carbocycles. The highest BCUT2D eigenvalue weighted by Crippen LogP contribution is 2.22. The molecule has 0 fully saturated rings. The maximum Gasteiger partial charge on any atom is 0.220 e. The van der Waals surface area contributed by atoms with E-state index in [-0.39, 0.29) is 6.42 Å². The largest absolute Gasteiger partial charge is 0.389 e. The van der Waals surface area contributed by atoms with Gasteiger partial charge in [0.05, 0.1) is 12.0 Å². The second kappa shape index (κ2) is 5.14. The van der Waals surface area contributed by atoms with Gasteiger partial charge in [-0.15, -0.1) is 0 Å². The molecule has 0 aromatic carbocycles. The van der Waals surface area contributed by atoms with Gasteiger partial charge in [0, 0.05) is 0 Å². The number of carbonyl (C=O) groups excluding carboxylic acids is 1. The van der Waals surface area contributed by atoms with Crippen molar-refractivity contribution >= 4 is 5.91 Å². The van der Waals surface area contributed by atoms with Gasteiger partial charge in [0.1, 0.15) is 0 Å². The Hall–Kier alpha value is -0.570. The monoisotopic (exact) mass is 173 g/mol. The fourth-order valence-corrected chi connectivity index (χ4v) is 1.56. The van der Waals surface area contributed by atoms with Gasteiger partial charge in [-0.3, -0.25) is 4.79 Å². The smallest absolute Gasteiger partial charge is 0.220 e. The Morgan fingerprint density at radius 1 is 1.33 bits per heavy atom. The highest BCUT2D eigenvalue weighted by molar-refractivity contribution is 5.74. The van der Waals surface area contributed by atoms with Crippen LogP contribution in [0.4, 0.5) is 0 Å². The topological polar surface area (TPSA) is 63.3 Å². The van der Waals surface area contributed by atoms with E-state index in [4.69, 9.17) is 5.73 Å². The molecule has 3 heteroatoms. The van der Waals surface area contributed by atoms with Crippen molar-refractivity contribution in [2.75, 3.05) is 0 Å². The maximum absolute atomic E-state index is 10.6. The molecule has 72 valence electrons. The van der Waals surface area contributed by atoms with Crippen LogP contribution in [0.5, 0.6) is 0 Å². The number of primary amides is 1. The highest BCUT2D eigenvalue weighted by atomic mass is 16.3. The third-order valence-electron chi connectivity index (χ3n) is 1.93. The lowest BCUT2D eigenvalue weighted by Gasteiger charge is -2.25. The van der Waals surface area contributed by atoms with Crippen LogP contribution in [0.25, 0.3) is 0 Å². The van der Waals surface area contributed by atoms with E-state index in [1.807, 2.05) is 13.8 Å². The molecule has 0 unspecified atom stereocenters. The van der Waals surface area contributed by atoms with Crippen molar-refractivity contribution in [1.29, 1.82) is 0 Å². The molecule has 0 radical (unpaired) electrons. The second-order valence-corrected chi connectivity index (χ2v) is 3.37. The lowest BCUT2D eigenvalue weighted by Crippen LogP contribution is -2.34. The zero-order valence-electron chi connectivity index (χ0n) is 7.97. The zero-order chi connectivity index (χ0) is 9.61. The Kier molecular flexibility index (Phi) is 4.90. The van der Waals surface area contributed by atoms with E-state index in [1.165, 1.54) is 0 Å². The molecule has 3 N–H and O–H groups in total. The molecule has 0 atom stereocenters. The first kappa shape index (κ1) is 11.4. The Bertz CT molecular complexity index is 139. The summed E-state index contributed by atoms with van der Waals surface area (Å²) in [6.07, 6.45) is 3.16. The molecule has 0 aliphatic heterocycles. The Labute approximate surface area is 74.0 Å². The van der Waals surface area contributed by atoms with Gasteiger partial charge >= 0.3 is 0 Å². The molecule has 0 aromatic rings. The van der Waals surface area contributed by atoms with Crippen molar-refractivity contribution in [3.63, 3.8) is 0 Å². The van der Waals surface area contributed by atoms with E-state index in [0.717, 1.165) is 12.8 Å². The summed E-state index contributed by atoms with van der Waals surface area (Å²) in [6.45, 7) is 3.98. The van der Waals surface area contributed by atoms with E-state index in [1.54, 1.807) is 0 Å². The predicted molar refractivity (Wildman–Crippen MR) is 48.6 cm³/mol. The minimum absolute atomic E-state index is 0.0919. The number of hydrogen-bond acceptors (Lipinski definition) is 2. The number of aliphatic hydroxyl groups is 1. The van der Waals surface area contributed by atoms with E-state index in [2.05, 4.69) is 0 Å². The lowest BCUT2D eigenvalue weighted by atomic mass is 9.89. The number of hydrogen-bond donors (Lipinski definition) is 2. The fourth-order valence-electron chi connectivity index (χ4n) is 1.56. The molecule has 3 nitrogen and oxygen atoms in total. The van der Waals surface area contributed by atoms with Crippen LogP contribution in [0, 0.1) is 0 Å². The minimum Gasteiger partial charge on any atom is -0.389 e. The van der Waals surface area contributed by atoms with E-state index in [9.17, 15) is 9.90 Å². The van der Waals surface area contributed by atoms with E-state index >= 15 is 0 Å². The molecule has 1 amide bonds. The normalized spacial score (nSPS) is 11.6. The number of nitrogens with two attached hydrogens (primary N) is 1. The number of carbonyl (C=O) groups is 1. The average Bonchev–Trinajstić information content (AvgIpc) is 1.85. The number of rotatable bonds is 6. The van der Waals surface area contributed by atoms with Crippen molar-refractivity contribution in [3.05, 3.63) is 0 Å². The molecule has 0 aliphatic rings. The summed E-state index contributed by atoms with van der Waals surface area (Å²) in [6, 6.07) is 0. The van der Waals surface area contributed by atoms with Gasteiger partial charge in [0.15, 0.2) is 0 Å². The second-order valence-electron chi connectivity index (χ2n) is 3.37. The average molecular weight is 173 g/mol. The van der Waals surface area contributed by atoms with Crippen LogP contribution < -0.4 is 5.73 Å². The third kappa shape index (κ3) is 4.34. The fraction of sp³-hybridized carbons (Fsp3) is 0.889. The maximum atomic E-state index is 10.6. The van der Waals surface area contributed by atoms with Crippen molar-refractivity contribution in [3.8, 4) is 0 Å². The Balaban J connectivity index is 4.07. The molecular weight excluding hydrogens is 154 g/mol. The summed E-state index contributed by atoms with van der Waals surface area (Å²) in [5, 5.41) is 9.88. The molecule has 0 aliphatic carbocycles. The minimum atomic E-state index is -0.852. The first-order valence-corrected chi connectivity index (χ1v) is 4.54. The molecule has 0 aromatic heterocycles. The highest BCUT2D eigenvalue weighted by Gasteiger charge is 2.26. The lowest BCUT2D eigenvalue weighted by molar-refractivity contribution is -0.123. The predicted octanol–water partition coefficient (Wildman–Crippen LogP) is 1.19. The number of amides is 1. The van der Waals surface area contributed by atoms with Crippen LogP contribution in [0.2, 0.25) is 0 Å². The van der Waals surface area contributed by atoms with Crippen LogP contribution in [-0.2, 0) is 4.79 Å². The van der Waals surface area contributed by atoms with Crippen LogP contribution in [0.3, 0.4) is 0 Å². The summed E-state index contributed by atoms with van der Waals surface area (Å²) in [4.78, 5) is 10.6. The van der Waals surface area contributed by atoms with Crippen LogP contribution in [-0.4, -0.2) is 16.6 Å². The molecule has 0 heterocycles. The van der Waals surface area contributed by atoms with Crippen LogP contribution in [0.1, 0.15) is 46.0 Å². The van der Waals surface area contributed by atoms with Crippen molar-refractivity contribution < 1.29 is 9.90 Å². The summed E-state index contributed by atoms with van der Waals surface area (Å²) in [5.41, 5.74) is 4.19. The quantitative estimate of drug-likeness (QED) is 0.633. The van der Waals surface area contributed by atoms with Crippen molar-refractivity contribution in [1.82, 2.24) is 0 Å². The molecular formula is C9H19NO2. The Morgan fingerprint density at radius 3 is 2.00 bits per heavy atom. The zero-order valence-corrected chi connectivity index (χ0v) is 7.97. The molecule has 0 rings (SSSR count). The summed E-state index contributed by atoms with van der Waals surface area (Å²) in [5.74, 6) is -0.417. The Morgan fingerprint density at radius 2 is 1.75 bits per heavy atom. The van der Waals surface area contributed by atoms with Gasteiger partial charge in [-0.1, -0.05) is 26.7 Å². The van der Waals surface area contributed by atoms with Crippen molar-refractivity contribution in [2.45, 2.75) is 51.6 Å². The van der Waals surface area contributed by atoms with Gasteiger partial charge in [-0.05, 0) is 12.8 Å². The van der Waals surface area contributed by atoms with Crippen LogP contribution >= 0.6 is 0 Å². The van der Waals surface area contributed by atoms with Gasteiger partial charge in [0.25, 0.3) is 0 Å². The molecule has 0 spiro atoms. The van der Waals surface area contributed by atoms with Gasteiger partial charge in [-0.25, -0.2) is 0 Å². The molecule has 0 saturated heterocycles. The summed E-state index contributed by atoms with van der Waals surface area (Å²) < 4.78 is 0.